The number of fused-ring (bicyclic) bond motifs is 1. The molecule has 0 saturated carbocycles. The van der Waals surface area contributed by atoms with Crippen molar-refractivity contribution in [1.29, 1.82) is 0 Å². The molecule has 0 spiro atoms. The molecule has 2 N–H and O–H groups in total. The maximum Gasteiger partial charge on any atom is 0.416 e. The van der Waals surface area contributed by atoms with Crippen LogP contribution in [0.25, 0.3) is 22.4 Å². The lowest BCUT2D eigenvalue weighted by Crippen LogP contribution is -2.04. The third-order valence-electron chi connectivity index (χ3n) is 4.19. The molecule has 154 valence electrons. The summed E-state index contributed by atoms with van der Waals surface area (Å²) in [5, 5.41) is 2.87. The van der Waals surface area contributed by atoms with Gasteiger partial charge in [-0.05, 0) is 31.2 Å². The Morgan fingerprint density at radius 2 is 1.73 bits per heavy atom. The van der Waals surface area contributed by atoms with Crippen molar-refractivity contribution in [3.8, 4) is 17.4 Å². The van der Waals surface area contributed by atoms with Crippen molar-refractivity contribution in [2.75, 3.05) is 12.4 Å². The van der Waals surface area contributed by atoms with Crippen molar-refractivity contribution < 1.29 is 22.3 Å². The van der Waals surface area contributed by atoms with Crippen molar-refractivity contribution in [2.24, 2.45) is 0 Å². The molecule has 0 bridgehead atoms. The van der Waals surface area contributed by atoms with Crippen molar-refractivity contribution in [2.45, 2.75) is 13.1 Å². The third-order valence-corrected chi connectivity index (χ3v) is 4.19. The molecule has 0 saturated heterocycles. The summed E-state index contributed by atoms with van der Waals surface area (Å²) in [4.78, 5) is 19.2. The molecule has 0 amide bonds. The molecule has 0 aliphatic carbocycles. The van der Waals surface area contributed by atoms with Gasteiger partial charge < -0.3 is 15.0 Å². The molecule has 7 nitrogen and oxygen atoms in total. The normalized spacial score (nSPS) is 11.7. The largest absolute Gasteiger partial charge is 0.467 e. The van der Waals surface area contributed by atoms with E-state index in [1.165, 1.54) is 25.3 Å². The number of methoxy groups -OCH3 is 1. The Bertz CT molecular complexity index is 1220. The molecule has 4 aromatic rings. The van der Waals surface area contributed by atoms with Gasteiger partial charge in [0.05, 0.1) is 18.2 Å². The van der Waals surface area contributed by atoms with E-state index in [0.717, 1.165) is 12.1 Å². The molecule has 0 atom stereocenters. The van der Waals surface area contributed by atoms with Gasteiger partial charge in [0.25, 0.3) is 0 Å². The number of aryl methyl sites for hydroxylation is 1. The van der Waals surface area contributed by atoms with Gasteiger partial charge in [-0.3, -0.25) is 0 Å². The Morgan fingerprint density at radius 1 is 1.00 bits per heavy atom. The molecule has 0 fully saturated rings. The monoisotopic (exact) mass is 418 g/mol. The van der Waals surface area contributed by atoms with E-state index in [0.29, 0.717) is 22.6 Å². The van der Waals surface area contributed by atoms with Gasteiger partial charge in [-0.2, -0.15) is 28.1 Å². The fourth-order valence-electron chi connectivity index (χ4n) is 2.83. The van der Waals surface area contributed by atoms with Gasteiger partial charge in [0.15, 0.2) is 5.82 Å². The molecule has 0 aliphatic heterocycles. The third kappa shape index (κ3) is 3.86. The van der Waals surface area contributed by atoms with Gasteiger partial charge >= 0.3 is 12.2 Å². The van der Waals surface area contributed by atoms with E-state index in [1.807, 2.05) is 0 Å². The summed E-state index contributed by atoms with van der Waals surface area (Å²) in [6.07, 6.45) is -4.44. The maximum absolute atomic E-state index is 14.6. The number of alkyl halides is 3. The summed E-state index contributed by atoms with van der Waals surface area (Å²) in [5.74, 6) is 0.201. The van der Waals surface area contributed by atoms with Crippen LogP contribution < -0.4 is 10.1 Å². The standard InChI is InChI=1S/C19H14F4N6O/c1-9-24-17(29-18(25-9)30-2)26-12-7-13(20)15-14(8-12)27-16(28-15)10-3-5-11(6-4-10)19(21,22)23/h3-8H,1-2H3,(H,27,28)(H,24,25,26,29). The predicted molar refractivity (Wildman–Crippen MR) is 101 cm³/mol. The maximum atomic E-state index is 14.6. The van der Waals surface area contributed by atoms with E-state index in [4.69, 9.17) is 4.74 Å². The van der Waals surface area contributed by atoms with E-state index in [9.17, 15) is 17.6 Å². The first-order valence-corrected chi connectivity index (χ1v) is 8.63. The number of rotatable bonds is 4. The molecule has 0 radical (unpaired) electrons. The summed E-state index contributed by atoms with van der Waals surface area (Å²) in [5.41, 5.74) is 0.370. The Balaban J connectivity index is 1.67. The molecular weight excluding hydrogens is 404 g/mol. The number of aromatic amines is 1. The number of benzene rings is 2. The van der Waals surface area contributed by atoms with Crippen molar-refractivity contribution in [1.82, 2.24) is 24.9 Å². The summed E-state index contributed by atoms with van der Waals surface area (Å²) >= 11 is 0. The average molecular weight is 418 g/mol. The highest BCUT2D eigenvalue weighted by Crippen LogP contribution is 2.31. The van der Waals surface area contributed by atoms with Gasteiger partial charge in [-0.1, -0.05) is 12.1 Å². The van der Waals surface area contributed by atoms with Crippen molar-refractivity contribution in [3.63, 3.8) is 0 Å². The minimum absolute atomic E-state index is 0.0554. The van der Waals surface area contributed by atoms with Crippen LogP contribution in [0.2, 0.25) is 0 Å². The quantitative estimate of drug-likeness (QED) is 0.470. The van der Waals surface area contributed by atoms with E-state index >= 15 is 0 Å². The number of halogens is 4. The Labute approximate surface area is 167 Å². The van der Waals surface area contributed by atoms with Crippen LogP contribution in [0.5, 0.6) is 6.01 Å². The van der Waals surface area contributed by atoms with E-state index < -0.39 is 17.6 Å². The van der Waals surface area contributed by atoms with Crippen molar-refractivity contribution in [3.05, 3.63) is 53.6 Å². The zero-order valence-corrected chi connectivity index (χ0v) is 15.7. The smallest absolute Gasteiger partial charge is 0.416 e. The number of aromatic nitrogens is 5. The van der Waals surface area contributed by atoms with Crippen LogP contribution in [0.4, 0.5) is 29.2 Å². The first-order chi connectivity index (χ1) is 14.2. The molecule has 11 heteroatoms. The highest BCUT2D eigenvalue weighted by Gasteiger charge is 2.30. The predicted octanol–water partition coefficient (Wildman–Crippen LogP) is 4.63. The minimum Gasteiger partial charge on any atom is -0.467 e. The summed E-state index contributed by atoms with van der Waals surface area (Å²) in [7, 11) is 1.41. The first-order valence-electron chi connectivity index (χ1n) is 8.63. The van der Waals surface area contributed by atoms with Crippen LogP contribution in [0.1, 0.15) is 11.4 Å². The number of imidazole rings is 1. The molecule has 0 unspecified atom stereocenters. The number of nitrogens with one attached hydrogen (secondary N) is 2. The van der Waals surface area contributed by atoms with Gasteiger partial charge in [0, 0.05) is 11.3 Å². The molecular formula is C19H14F4N6O. The van der Waals surface area contributed by atoms with Crippen LogP contribution in [0.3, 0.4) is 0 Å². The zero-order valence-electron chi connectivity index (χ0n) is 15.7. The minimum atomic E-state index is -4.44. The highest BCUT2D eigenvalue weighted by atomic mass is 19.4. The Morgan fingerprint density at radius 3 is 2.40 bits per heavy atom. The zero-order chi connectivity index (χ0) is 21.5. The molecule has 2 aromatic carbocycles. The first kappa shape index (κ1) is 19.6. The summed E-state index contributed by atoms with van der Waals surface area (Å²) in [6, 6.07) is 7.35. The number of anilines is 2. The molecule has 4 rings (SSSR count). The van der Waals surface area contributed by atoms with Gasteiger partial charge in [-0.15, -0.1) is 0 Å². The Hall–Kier alpha value is -3.76. The van der Waals surface area contributed by atoms with Crippen molar-refractivity contribution >= 4 is 22.7 Å². The fraction of sp³-hybridized carbons (Fsp3) is 0.158. The second-order valence-corrected chi connectivity index (χ2v) is 6.33. The van der Waals surface area contributed by atoms with Gasteiger partial charge in [0.1, 0.15) is 17.2 Å². The topological polar surface area (TPSA) is 88.6 Å². The number of nitrogens with zero attached hydrogens (tertiary/aromatic N) is 4. The van der Waals surface area contributed by atoms with Gasteiger partial charge in [0.2, 0.25) is 5.95 Å². The van der Waals surface area contributed by atoms with Crippen LogP contribution in [0, 0.1) is 12.7 Å². The molecule has 2 aromatic heterocycles. The Kier molecular flexibility index (Phi) is 4.72. The number of hydrogen-bond donors (Lipinski definition) is 2. The van der Waals surface area contributed by atoms with E-state index in [2.05, 4.69) is 30.2 Å². The van der Waals surface area contributed by atoms with E-state index in [-0.39, 0.29) is 23.3 Å². The average Bonchev–Trinajstić information content (AvgIpc) is 3.11. The van der Waals surface area contributed by atoms with Gasteiger partial charge in [-0.25, -0.2) is 9.37 Å². The van der Waals surface area contributed by atoms with Crippen LogP contribution in [-0.4, -0.2) is 32.0 Å². The number of ether oxygens (including phenoxy) is 1. The fourth-order valence-corrected chi connectivity index (χ4v) is 2.83. The molecule has 0 aliphatic rings. The lowest BCUT2D eigenvalue weighted by molar-refractivity contribution is -0.137. The number of hydrogen-bond acceptors (Lipinski definition) is 6. The SMILES string of the molecule is COc1nc(C)nc(Nc2cc(F)c3nc(-c4ccc(C(F)(F)F)cc4)[nH]c3c2)n1. The second kappa shape index (κ2) is 7.25. The highest BCUT2D eigenvalue weighted by molar-refractivity contribution is 5.84. The molecule has 30 heavy (non-hydrogen) atoms. The van der Waals surface area contributed by atoms with Crippen LogP contribution in [-0.2, 0) is 6.18 Å². The van der Waals surface area contributed by atoms with Crippen LogP contribution in [0.15, 0.2) is 36.4 Å². The summed E-state index contributed by atoms with van der Waals surface area (Å²) in [6.45, 7) is 1.66. The summed E-state index contributed by atoms with van der Waals surface area (Å²) < 4.78 is 57.8. The van der Waals surface area contributed by atoms with E-state index in [1.54, 1.807) is 13.0 Å². The molecule has 2 heterocycles. The lowest BCUT2D eigenvalue weighted by Gasteiger charge is -2.07. The van der Waals surface area contributed by atoms with Crippen LogP contribution >= 0.6 is 0 Å². The number of H-pyrrole nitrogens is 1. The lowest BCUT2D eigenvalue weighted by atomic mass is 10.1. The second-order valence-electron chi connectivity index (χ2n) is 6.33.